The molecule has 2 N–H and O–H groups in total. The molecule has 0 aliphatic carbocycles. The third kappa shape index (κ3) is 8.21. The molecule has 29 heavy (non-hydrogen) atoms. The predicted molar refractivity (Wildman–Crippen MR) is 117 cm³/mol. The maximum atomic E-state index is 13.1. The zero-order chi connectivity index (χ0) is 21.1. The number of halogens is 1. The van der Waals surface area contributed by atoms with E-state index in [9.17, 15) is 9.18 Å². The number of amides is 1. The molecule has 156 valence electrons. The molecule has 0 aliphatic heterocycles. The van der Waals surface area contributed by atoms with Crippen molar-refractivity contribution in [2.45, 2.75) is 13.0 Å². The molecule has 1 amide bonds. The number of anilines is 1. The van der Waals surface area contributed by atoms with Crippen LogP contribution in [0.25, 0.3) is 0 Å². The van der Waals surface area contributed by atoms with Gasteiger partial charge >= 0.3 is 0 Å². The van der Waals surface area contributed by atoms with Gasteiger partial charge in [0, 0.05) is 39.9 Å². The Hall–Kier alpha value is -3.09. The second kappa shape index (κ2) is 11.7. The average molecular weight is 400 g/mol. The van der Waals surface area contributed by atoms with Crippen LogP contribution in [0.4, 0.5) is 10.1 Å². The van der Waals surface area contributed by atoms with Crippen molar-refractivity contribution in [3.8, 4) is 0 Å². The summed E-state index contributed by atoms with van der Waals surface area (Å²) >= 11 is 0. The van der Waals surface area contributed by atoms with E-state index in [4.69, 9.17) is 0 Å². The van der Waals surface area contributed by atoms with Crippen molar-refractivity contribution in [1.29, 1.82) is 0 Å². The van der Waals surface area contributed by atoms with Crippen LogP contribution < -0.4 is 15.5 Å². The first-order valence-corrected chi connectivity index (χ1v) is 9.68. The molecule has 0 aromatic heterocycles. The summed E-state index contributed by atoms with van der Waals surface area (Å²) in [5, 5.41) is 6.33. The first kappa shape index (κ1) is 22.2. The second-order valence-electron chi connectivity index (χ2n) is 6.97. The van der Waals surface area contributed by atoms with E-state index < -0.39 is 0 Å². The van der Waals surface area contributed by atoms with Gasteiger partial charge < -0.3 is 20.4 Å². The summed E-state index contributed by atoms with van der Waals surface area (Å²) in [6.07, 6.45) is 0.907. The third-order valence-corrected chi connectivity index (χ3v) is 4.40. The molecule has 0 saturated heterocycles. The number of likely N-dealkylation sites (N-methyl/N-ethyl adjacent to an activating group) is 1. The van der Waals surface area contributed by atoms with Gasteiger partial charge in [-0.15, -0.1) is 0 Å². The number of rotatable bonds is 9. The van der Waals surface area contributed by atoms with E-state index in [2.05, 4.69) is 39.7 Å². The summed E-state index contributed by atoms with van der Waals surface area (Å²) in [5.74, 6) is 0.255. The number of para-hydroxylation sites is 1. The van der Waals surface area contributed by atoms with Crippen LogP contribution in [-0.2, 0) is 11.3 Å². The van der Waals surface area contributed by atoms with E-state index >= 15 is 0 Å². The molecule has 2 aromatic rings. The van der Waals surface area contributed by atoms with Gasteiger partial charge in [-0.1, -0.05) is 30.3 Å². The molecule has 0 heterocycles. The Morgan fingerprint density at radius 2 is 1.69 bits per heavy atom. The molecule has 0 aliphatic rings. The van der Waals surface area contributed by atoms with Gasteiger partial charge in [-0.2, -0.15) is 0 Å². The van der Waals surface area contributed by atoms with Crippen LogP contribution in [-0.4, -0.2) is 57.5 Å². The number of guanidine groups is 1. The molecule has 0 atom stereocenters. The number of carbonyl (C=O) groups is 1. The Labute approximate surface area is 172 Å². The van der Waals surface area contributed by atoms with Crippen LogP contribution in [0.3, 0.4) is 0 Å². The lowest BCUT2D eigenvalue weighted by atomic mass is 10.2. The molecule has 0 unspecified atom stereocenters. The van der Waals surface area contributed by atoms with Gasteiger partial charge in [0.2, 0.25) is 5.91 Å². The maximum absolute atomic E-state index is 13.1. The fourth-order valence-electron chi connectivity index (χ4n) is 2.59. The van der Waals surface area contributed by atoms with E-state index in [1.54, 1.807) is 26.2 Å². The largest absolute Gasteiger partial charge is 0.375 e. The molecule has 0 spiro atoms. The zero-order valence-corrected chi connectivity index (χ0v) is 17.4. The molecule has 0 saturated carbocycles. The van der Waals surface area contributed by atoms with Crippen molar-refractivity contribution in [3.63, 3.8) is 0 Å². The lowest BCUT2D eigenvalue weighted by Crippen LogP contribution is -2.43. The fourth-order valence-corrected chi connectivity index (χ4v) is 2.59. The number of nitrogens with zero attached hydrogens (tertiary/aromatic N) is 3. The Balaban J connectivity index is 1.87. The number of hydrogen-bond donors (Lipinski definition) is 2. The number of nitrogens with one attached hydrogen (secondary N) is 2. The summed E-state index contributed by atoms with van der Waals surface area (Å²) in [4.78, 5) is 20.1. The highest BCUT2D eigenvalue weighted by Gasteiger charge is 2.06. The molecular weight excluding hydrogens is 369 g/mol. The molecule has 0 bridgehead atoms. The van der Waals surface area contributed by atoms with Crippen LogP contribution in [0.15, 0.2) is 59.6 Å². The predicted octanol–water partition coefficient (Wildman–Crippen LogP) is 2.48. The van der Waals surface area contributed by atoms with Crippen LogP contribution in [0, 0.1) is 5.82 Å². The number of carbonyl (C=O) groups excluding carboxylic acids is 1. The van der Waals surface area contributed by atoms with E-state index in [0.717, 1.165) is 18.5 Å². The standard InChI is InChI=1S/C22H30FN5O/c1-27(2)21(29)17-26-22(25-16-18-10-12-19(23)13-11-18)24-14-7-15-28(3)20-8-5-4-6-9-20/h4-6,8-13H,7,14-17H2,1-3H3,(H2,24,25,26). The molecular formula is C22H30FN5O. The van der Waals surface area contributed by atoms with E-state index in [-0.39, 0.29) is 18.3 Å². The van der Waals surface area contributed by atoms with Crippen molar-refractivity contribution < 1.29 is 9.18 Å². The minimum atomic E-state index is -0.270. The van der Waals surface area contributed by atoms with Gasteiger partial charge in [0.15, 0.2) is 5.96 Å². The lowest BCUT2D eigenvalue weighted by Gasteiger charge is -2.20. The van der Waals surface area contributed by atoms with Crippen molar-refractivity contribution in [2.24, 2.45) is 4.99 Å². The summed E-state index contributed by atoms with van der Waals surface area (Å²) in [7, 11) is 5.49. The number of benzene rings is 2. The first-order chi connectivity index (χ1) is 14.0. The topological polar surface area (TPSA) is 60.0 Å². The van der Waals surface area contributed by atoms with Gasteiger partial charge in [0.1, 0.15) is 5.82 Å². The highest BCUT2D eigenvalue weighted by molar-refractivity contribution is 5.86. The smallest absolute Gasteiger partial charge is 0.241 e. The number of aliphatic imine (C=N–C) groups is 1. The Morgan fingerprint density at radius 1 is 1.00 bits per heavy atom. The van der Waals surface area contributed by atoms with Crippen LogP contribution >= 0.6 is 0 Å². The third-order valence-electron chi connectivity index (χ3n) is 4.40. The number of hydrogen-bond acceptors (Lipinski definition) is 3. The van der Waals surface area contributed by atoms with Gasteiger partial charge in [-0.3, -0.25) is 4.79 Å². The molecule has 0 radical (unpaired) electrons. The van der Waals surface area contributed by atoms with E-state index in [1.807, 2.05) is 18.2 Å². The molecule has 2 rings (SSSR count). The average Bonchev–Trinajstić information content (AvgIpc) is 2.73. The Bertz CT molecular complexity index is 778. The minimum absolute atomic E-state index is 0.0370. The SMILES string of the molecule is CN(C)C(=O)CNC(=NCc1ccc(F)cc1)NCCCN(C)c1ccccc1. The van der Waals surface area contributed by atoms with Crippen LogP contribution in [0.1, 0.15) is 12.0 Å². The molecule has 6 nitrogen and oxygen atoms in total. The Kier molecular flexibility index (Phi) is 8.95. The van der Waals surface area contributed by atoms with Crippen molar-refractivity contribution >= 4 is 17.6 Å². The maximum Gasteiger partial charge on any atom is 0.241 e. The molecule has 7 heteroatoms. The normalized spacial score (nSPS) is 11.1. The fraction of sp³-hybridized carbons (Fsp3) is 0.364. The van der Waals surface area contributed by atoms with Crippen molar-refractivity contribution in [1.82, 2.24) is 15.5 Å². The quantitative estimate of drug-likeness (QED) is 0.386. The van der Waals surface area contributed by atoms with E-state index in [0.29, 0.717) is 19.0 Å². The summed E-state index contributed by atoms with van der Waals surface area (Å²) in [6, 6.07) is 16.5. The monoisotopic (exact) mass is 399 g/mol. The summed E-state index contributed by atoms with van der Waals surface area (Å²) in [5.41, 5.74) is 2.07. The summed E-state index contributed by atoms with van der Waals surface area (Å²) in [6.45, 7) is 2.16. The Morgan fingerprint density at radius 3 is 2.34 bits per heavy atom. The first-order valence-electron chi connectivity index (χ1n) is 9.68. The summed E-state index contributed by atoms with van der Waals surface area (Å²) < 4.78 is 13.1. The second-order valence-corrected chi connectivity index (χ2v) is 6.97. The van der Waals surface area contributed by atoms with Crippen LogP contribution in [0.2, 0.25) is 0 Å². The van der Waals surface area contributed by atoms with Crippen LogP contribution in [0.5, 0.6) is 0 Å². The molecule has 0 fully saturated rings. The highest BCUT2D eigenvalue weighted by Crippen LogP contribution is 2.10. The van der Waals surface area contributed by atoms with Crippen molar-refractivity contribution in [3.05, 3.63) is 66.0 Å². The molecule has 2 aromatic carbocycles. The van der Waals surface area contributed by atoms with Gasteiger partial charge in [0.25, 0.3) is 0 Å². The highest BCUT2D eigenvalue weighted by atomic mass is 19.1. The van der Waals surface area contributed by atoms with Gasteiger partial charge in [0.05, 0.1) is 13.1 Å². The lowest BCUT2D eigenvalue weighted by molar-refractivity contribution is -0.127. The zero-order valence-electron chi connectivity index (χ0n) is 17.4. The van der Waals surface area contributed by atoms with Crippen molar-refractivity contribution in [2.75, 3.05) is 45.7 Å². The van der Waals surface area contributed by atoms with Gasteiger partial charge in [-0.05, 0) is 36.2 Å². The minimum Gasteiger partial charge on any atom is -0.375 e. The van der Waals surface area contributed by atoms with Gasteiger partial charge in [-0.25, -0.2) is 9.38 Å². The van der Waals surface area contributed by atoms with E-state index in [1.165, 1.54) is 22.7 Å².